The largest absolute Gasteiger partial charge is 0.493 e. The van der Waals surface area contributed by atoms with Crippen LogP contribution in [0.1, 0.15) is 61.1 Å². The molecule has 1 aliphatic heterocycles. The van der Waals surface area contributed by atoms with Crippen molar-refractivity contribution in [3.8, 4) is 11.5 Å². The summed E-state index contributed by atoms with van der Waals surface area (Å²) in [5.41, 5.74) is 2.49. The van der Waals surface area contributed by atoms with E-state index in [1.807, 2.05) is 6.07 Å². The lowest BCUT2D eigenvalue weighted by Crippen LogP contribution is -2.48. The Morgan fingerprint density at radius 1 is 0.886 bits per heavy atom. The van der Waals surface area contributed by atoms with Crippen LogP contribution in [-0.2, 0) is 6.54 Å². The van der Waals surface area contributed by atoms with E-state index in [-0.39, 0.29) is 6.04 Å². The van der Waals surface area contributed by atoms with E-state index in [2.05, 4.69) is 72.5 Å². The molecule has 3 aromatic rings. The van der Waals surface area contributed by atoms with E-state index in [0.29, 0.717) is 6.04 Å². The van der Waals surface area contributed by atoms with Gasteiger partial charge in [0.25, 0.3) is 0 Å². The Labute approximate surface area is 207 Å². The molecule has 8 heteroatoms. The molecule has 2 fully saturated rings. The Hall–Kier alpha value is -2.97. The molecular weight excluding hydrogens is 440 g/mol. The maximum atomic E-state index is 5.65. The smallest absolute Gasteiger partial charge is 0.173 e. The Balaban J connectivity index is 1.42. The van der Waals surface area contributed by atoms with Gasteiger partial charge in [0.05, 0.1) is 26.3 Å². The van der Waals surface area contributed by atoms with Crippen LogP contribution < -0.4 is 9.47 Å². The fourth-order valence-electron chi connectivity index (χ4n) is 5.53. The highest BCUT2D eigenvalue weighted by Crippen LogP contribution is 2.37. The fourth-order valence-corrected chi connectivity index (χ4v) is 5.53. The number of tetrazole rings is 1. The fraction of sp³-hybridized carbons (Fsp3) is 0.519. The number of hydrogen-bond donors (Lipinski definition) is 0. The average molecular weight is 477 g/mol. The summed E-state index contributed by atoms with van der Waals surface area (Å²) < 4.78 is 13.3. The number of methoxy groups -OCH3 is 2. The van der Waals surface area contributed by atoms with Crippen molar-refractivity contribution in [3.63, 3.8) is 0 Å². The molecule has 5 rings (SSSR count). The van der Waals surface area contributed by atoms with Crippen molar-refractivity contribution in [2.45, 2.75) is 50.7 Å². The standard InChI is InChI=1S/C27H36N6O2/c1-34-24-14-13-22(19-25(24)35-2)26(27-28-29-30-33(27)23-11-7-4-8-12-23)32-17-15-31(16-18-32)20-21-9-5-3-6-10-21/h3,5-6,9-10,13-14,19,23,26H,4,7-8,11-12,15-18,20H2,1-2H3/t26-/m1/s1. The van der Waals surface area contributed by atoms with Crippen molar-refractivity contribution in [2.75, 3.05) is 40.4 Å². The van der Waals surface area contributed by atoms with Gasteiger partial charge in [0.1, 0.15) is 0 Å². The van der Waals surface area contributed by atoms with Crippen LogP contribution in [0.2, 0.25) is 0 Å². The van der Waals surface area contributed by atoms with Crippen molar-refractivity contribution >= 4 is 0 Å². The van der Waals surface area contributed by atoms with E-state index in [9.17, 15) is 0 Å². The molecule has 0 bridgehead atoms. The third-order valence-corrected chi connectivity index (χ3v) is 7.43. The van der Waals surface area contributed by atoms with Crippen molar-refractivity contribution in [1.82, 2.24) is 30.0 Å². The summed E-state index contributed by atoms with van der Waals surface area (Å²) in [5.74, 6) is 2.39. The predicted molar refractivity (Wildman–Crippen MR) is 135 cm³/mol. The summed E-state index contributed by atoms with van der Waals surface area (Å²) >= 11 is 0. The number of aromatic nitrogens is 4. The second kappa shape index (κ2) is 11.2. The van der Waals surface area contributed by atoms with Crippen LogP contribution in [0.5, 0.6) is 11.5 Å². The van der Waals surface area contributed by atoms with E-state index in [4.69, 9.17) is 9.47 Å². The van der Waals surface area contributed by atoms with Crippen molar-refractivity contribution in [1.29, 1.82) is 0 Å². The number of piperazine rings is 1. The van der Waals surface area contributed by atoms with Crippen LogP contribution in [-0.4, -0.2) is 70.4 Å². The molecule has 1 saturated heterocycles. The minimum Gasteiger partial charge on any atom is -0.493 e. The zero-order chi connectivity index (χ0) is 24.0. The number of rotatable bonds is 8. The molecule has 2 aromatic carbocycles. The van der Waals surface area contributed by atoms with Gasteiger partial charge < -0.3 is 9.47 Å². The number of hydrogen-bond acceptors (Lipinski definition) is 7. The molecule has 1 aromatic heterocycles. The van der Waals surface area contributed by atoms with Gasteiger partial charge in [-0.25, -0.2) is 4.68 Å². The van der Waals surface area contributed by atoms with Gasteiger partial charge in [0.15, 0.2) is 17.3 Å². The van der Waals surface area contributed by atoms with Gasteiger partial charge in [0, 0.05) is 32.7 Å². The second-order valence-corrected chi connectivity index (χ2v) is 9.59. The second-order valence-electron chi connectivity index (χ2n) is 9.59. The Morgan fingerprint density at radius 2 is 1.63 bits per heavy atom. The number of nitrogens with zero attached hydrogens (tertiary/aromatic N) is 6. The summed E-state index contributed by atoms with van der Waals surface area (Å²) in [6.07, 6.45) is 6.06. The quantitative estimate of drug-likeness (QED) is 0.485. The van der Waals surface area contributed by atoms with Gasteiger partial charge >= 0.3 is 0 Å². The normalized spacial score (nSPS) is 18.9. The summed E-state index contributed by atoms with van der Waals surface area (Å²) in [6, 6.07) is 17.2. The maximum absolute atomic E-state index is 5.65. The molecule has 0 spiro atoms. The van der Waals surface area contributed by atoms with Gasteiger partial charge in [-0.05, 0) is 46.5 Å². The average Bonchev–Trinajstić information content (AvgIpc) is 3.40. The molecule has 0 N–H and O–H groups in total. The van der Waals surface area contributed by atoms with Crippen LogP contribution in [0.3, 0.4) is 0 Å². The van der Waals surface area contributed by atoms with Crippen LogP contribution in [0, 0.1) is 0 Å². The maximum Gasteiger partial charge on any atom is 0.173 e. The van der Waals surface area contributed by atoms with Gasteiger partial charge in [-0.15, -0.1) is 5.10 Å². The molecule has 186 valence electrons. The predicted octanol–water partition coefficient (Wildman–Crippen LogP) is 4.10. The zero-order valence-electron chi connectivity index (χ0n) is 20.8. The van der Waals surface area contributed by atoms with E-state index in [1.165, 1.54) is 24.8 Å². The van der Waals surface area contributed by atoms with Gasteiger partial charge in [-0.2, -0.15) is 0 Å². The molecule has 1 aliphatic carbocycles. The van der Waals surface area contributed by atoms with E-state index >= 15 is 0 Å². The molecule has 0 unspecified atom stereocenters. The minimum absolute atomic E-state index is 0.0365. The Morgan fingerprint density at radius 3 is 2.34 bits per heavy atom. The first-order chi connectivity index (χ1) is 17.3. The lowest BCUT2D eigenvalue weighted by Gasteiger charge is -2.39. The third-order valence-electron chi connectivity index (χ3n) is 7.43. The van der Waals surface area contributed by atoms with Gasteiger partial charge in [0.2, 0.25) is 0 Å². The zero-order valence-corrected chi connectivity index (χ0v) is 20.8. The summed E-state index contributed by atoms with van der Waals surface area (Å²) in [7, 11) is 3.36. The molecule has 0 amide bonds. The lowest BCUT2D eigenvalue weighted by atomic mass is 9.95. The Bertz CT molecular complexity index is 1070. The van der Waals surface area contributed by atoms with Crippen LogP contribution in [0.25, 0.3) is 0 Å². The molecule has 1 saturated carbocycles. The molecule has 35 heavy (non-hydrogen) atoms. The van der Waals surface area contributed by atoms with Crippen LogP contribution in [0.15, 0.2) is 48.5 Å². The summed E-state index contributed by atoms with van der Waals surface area (Å²) in [6.45, 7) is 4.88. The van der Waals surface area contributed by atoms with E-state index in [1.54, 1.807) is 14.2 Å². The number of benzene rings is 2. The molecule has 8 nitrogen and oxygen atoms in total. The van der Waals surface area contributed by atoms with Crippen molar-refractivity contribution in [3.05, 3.63) is 65.5 Å². The summed E-state index contributed by atoms with van der Waals surface area (Å²) in [4.78, 5) is 5.05. The van der Waals surface area contributed by atoms with E-state index < -0.39 is 0 Å². The number of ether oxygens (including phenoxy) is 2. The molecular formula is C27H36N6O2. The van der Waals surface area contributed by atoms with Gasteiger partial charge in [-0.1, -0.05) is 55.7 Å². The highest BCUT2D eigenvalue weighted by atomic mass is 16.5. The van der Waals surface area contributed by atoms with Gasteiger partial charge in [-0.3, -0.25) is 9.80 Å². The first-order valence-corrected chi connectivity index (χ1v) is 12.8. The lowest BCUT2D eigenvalue weighted by molar-refractivity contribution is 0.0985. The van der Waals surface area contributed by atoms with Crippen molar-refractivity contribution < 1.29 is 9.47 Å². The van der Waals surface area contributed by atoms with Crippen molar-refractivity contribution in [2.24, 2.45) is 0 Å². The SMILES string of the molecule is COc1ccc([C@H](c2nnnn2C2CCCCC2)N2CCN(Cc3ccccc3)CC2)cc1OC. The van der Waals surface area contributed by atoms with Crippen LogP contribution >= 0.6 is 0 Å². The minimum atomic E-state index is -0.0365. The third kappa shape index (κ3) is 5.33. The van der Waals surface area contributed by atoms with E-state index in [0.717, 1.165) is 68.5 Å². The first kappa shape index (κ1) is 23.8. The monoisotopic (exact) mass is 476 g/mol. The molecule has 2 aliphatic rings. The summed E-state index contributed by atoms with van der Waals surface area (Å²) in [5, 5.41) is 13.2. The molecule has 0 radical (unpaired) electrons. The first-order valence-electron chi connectivity index (χ1n) is 12.8. The van der Waals surface area contributed by atoms with Crippen LogP contribution in [0.4, 0.5) is 0 Å². The molecule has 1 atom stereocenters. The topological polar surface area (TPSA) is 68.5 Å². The highest BCUT2D eigenvalue weighted by Gasteiger charge is 2.33. The molecule has 2 heterocycles. The Kier molecular flexibility index (Phi) is 7.59. The highest BCUT2D eigenvalue weighted by molar-refractivity contribution is 5.45.